The highest BCUT2D eigenvalue weighted by atomic mass is 16.2. The van der Waals surface area contributed by atoms with Crippen LogP contribution in [0.5, 0.6) is 0 Å². The van der Waals surface area contributed by atoms with Crippen molar-refractivity contribution < 1.29 is 4.79 Å². The van der Waals surface area contributed by atoms with Crippen LogP contribution < -0.4 is 10.9 Å². The fourth-order valence-corrected chi connectivity index (χ4v) is 2.80. The Hall–Kier alpha value is -2.44. The predicted octanol–water partition coefficient (Wildman–Crippen LogP) is -0.0328. The molecule has 2 N–H and O–H groups in total. The number of aromatic amines is 1. The Kier molecular flexibility index (Phi) is 4.04. The third kappa shape index (κ3) is 3.08. The van der Waals surface area contributed by atoms with E-state index in [1.807, 2.05) is 0 Å². The van der Waals surface area contributed by atoms with E-state index in [0.717, 1.165) is 36.2 Å². The number of hydrogen-bond acceptors (Lipinski definition) is 4. The van der Waals surface area contributed by atoms with E-state index in [4.69, 9.17) is 0 Å². The molecule has 1 aliphatic rings. The highest BCUT2D eigenvalue weighted by molar-refractivity contribution is 5.79. The summed E-state index contributed by atoms with van der Waals surface area (Å²) >= 11 is 0. The second-order valence-corrected chi connectivity index (χ2v) is 5.64. The summed E-state index contributed by atoms with van der Waals surface area (Å²) in [5, 5.41) is 7.22. The zero-order valence-corrected chi connectivity index (χ0v) is 12.5. The lowest BCUT2D eigenvalue weighted by Crippen LogP contribution is -2.36. The molecule has 1 amide bonds. The number of amides is 1. The van der Waals surface area contributed by atoms with Gasteiger partial charge in [0.1, 0.15) is 0 Å². The highest BCUT2D eigenvalue weighted by Crippen LogP contribution is 2.23. The second kappa shape index (κ2) is 6.13. The molecule has 2 heterocycles. The van der Waals surface area contributed by atoms with Gasteiger partial charge in [-0.05, 0) is 24.8 Å². The van der Waals surface area contributed by atoms with Gasteiger partial charge >= 0.3 is 0 Å². The van der Waals surface area contributed by atoms with Crippen LogP contribution in [0.2, 0.25) is 0 Å². The first kappa shape index (κ1) is 14.5. The number of nitrogens with zero attached hydrogens (tertiary/aromatic N) is 3. The zero-order valence-electron chi connectivity index (χ0n) is 12.5. The van der Waals surface area contributed by atoms with Crippen molar-refractivity contribution in [2.24, 2.45) is 13.0 Å². The molecule has 7 nitrogen and oxygen atoms in total. The summed E-state index contributed by atoms with van der Waals surface area (Å²) in [6, 6.07) is 1.60. The zero-order chi connectivity index (χ0) is 15.5. The molecule has 0 radical (unpaired) electrons. The number of imidazole rings is 1. The smallest absolute Gasteiger partial charge is 0.266 e. The first-order valence-electron chi connectivity index (χ1n) is 7.44. The summed E-state index contributed by atoms with van der Waals surface area (Å²) in [4.78, 5) is 30.9. The molecular weight excluding hydrogens is 282 g/mol. The quantitative estimate of drug-likeness (QED) is 0.829. The molecule has 0 saturated carbocycles. The third-order valence-corrected chi connectivity index (χ3v) is 4.07. The minimum Gasteiger partial charge on any atom is -0.355 e. The van der Waals surface area contributed by atoms with Crippen LogP contribution >= 0.6 is 0 Å². The van der Waals surface area contributed by atoms with Crippen LogP contribution in [0.1, 0.15) is 23.4 Å². The Labute approximate surface area is 127 Å². The van der Waals surface area contributed by atoms with Gasteiger partial charge in [0, 0.05) is 43.9 Å². The molecule has 2 aromatic heterocycles. The van der Waals surface area contributed by atoms with Crippen molar-refractivity contribution in [1.29, 1.82) is 0 Å². The molecule has 0 aliphatic heterocycles. The Morgan fingerprint density at radius 1 is 1.55 bits per heavy atom. The van der Waals surface area contributed by atoms with Crippen LogP contribution in [-0.4, -0.2) is 32.2 Å². The van der Waals surface area contributed by atoms with Crippen molar-refractivity contribution in [3.05, 3.63) is 45.9 Å². The van der Waals surface area contributed by atoms with Gasteiger partial charge in [0.25, 0.3) is 5.56 Å². The van der Waals surface area contributed by atoms with Crippen molar-refractivity contribution in [2.75, 3.05) is 6.54 Å². The molecule has 1 aliphatic carbocycles. The summed E-state index contributed by atoms with van der Waals surface area (Å²) < 4.78 is 1.35. The minimum absolute atomic E-state index is 0.0471. The molecule has 1 unspecified atom stereocenters. The average Bonchev–Trinajstić information content (AvgIpc) is 3.01. The van der Waals surface area contributed by atoms with Crippen molar-refractivity contribution in [2.45, 2.75) is 25.7 Å². The molecule has 0 fully saturated rings. The Bertz CT molecular complexity index is 720. The summed E-state index contributed by atoms with van der Waals surface area (Å²) in [5.41, 5.74) is 2.72. The maximum Gasteiger partial charge on any atom is 0.266 e. The van der Waals surface area contributed by atoms with Crippen molar-refractivity contribution >= 4 is 5.91 Å². The fourth-order valence-electron chi connectivity index (χ4n) is 2.80. The maximum absolute atomic E-state index is 12.2. The van der Waals surface area contributed by atoms with E-state index >= 15 is 0 Å². The van der Waals surface area contributed by atoms with Gasteiger partial charge in [-0.15, -0.1) is 0 Å². The Morgan fingerprint density at radius 3 is 3.18 bits per heavy atom. The predicted molar refractivity (Wildman–Crippen MR) is 80.3 cm³/mol. The van der Waals surface area contributed by atoms with Crippen LogP contribution in [0.3, 0.4) is 0 Å². The molecular formula is C15H19N5O2. The largest absolute Gasteiger partial charge is 0.355 e. The van der Waals surface area contributed by atoms with Crippen molar-refractivity contribution in [3.8, 4) is 0 Å². The maximum atomic E-state index is 12.2. The number of aromatic nitrogens is 4. The number of carbonyl (C=O) groups excluding carboxylic acids is 1. The molecule has 0 bridgehead atoms. The minimum atomic E-state index is -0.126. The number of rotatable bonds is 4. The van der Waals surface area contributed by atoms with Gasteiger partial charge in [0.2, 0.25) is 5.91 Å². The van der Waals surface area contributed by atoms with E-state index in [0.29, 0.717) is 13.0 Å². The van der Waals surface area contributed by atoms with Gasteiger partial charge in [-0.2, -0.15) is 5.10 Å². The number of hydrogen-bond donors (Lipinski definition) is 2. The first-order chi connectivity index (χ1) is 10.6. The van der Waals surface area contributed by atoms with Gasteiger partial charge < -0.3 is 10.3 Å². The molecule has 2 aromatic rings. The summed E-state index contributed by atoms with van der Waals surface area (Å²) in [5.74, 6) is -0.0333. The van der Waals surface area contributed by atoms with Gasteiger partial charge in [-0.25, -0.2) is 9.67 Å². The molecule has 1 atom stereocenters. The molecule has 7 heteroatoms. The van der Waals surface area contributed by atoms with Crippen LogP contribution in [0.15, 0.2) is 23.4 Å². The van der Waals surface area contributed by atoms with Crippen LogP contribution in [0.25, 0.3) is 0 Å². The molecule has 3 rings (SSSR count). The van der Waals surface area contributed by atoms with E-state index in [1.54, 1.807) is 25.6 Å². The van der Waals surface area contributed by atoms with Gasteiger partial charge in [0.05, 0.1) is 12.0 Å². The SMILES string of the molecule is Cn1nc2c(cc1=O)CC(C(=O)NCCc1cnc[nH]1)CC2. The topological polar surface area (TPSA) is 92.7 Å². The normalized spacial score (nSPS) is 17.0. The monoisotopic (exact) mass is 301 g/mol. The molecule has 0 spiro atoms. The fraction of sp³-hybridized carbons (Fsp3) is 0.467. The van der Waals surface area contributed by atoms with E-state index in [9.17, 15) is 9.59 Å². The molecule has 22 heavy (non-hydrogen) atoms. The van der Waals surface area contributed by atoms with Crippen LogP contribution in [-0.2, 0) is 31.1 Å². The van der Waals surface area contributed by atoms with E-state index in [1.165, 1.54) is 4.68 Å². The standard InChI is InChI=1S/C15H19N5O2/c1-20-14(21)7-11-6-10(2-3-13(11)19-20)15(22)17-5-4-12-8-16-9-18-12/h7-10H,2-6H2,1H3,(H,16,18)(H,17,22). The van der Waals surface area contributed by atoms with Crippen molar-refractivity contribution in [3.63, 3.8) is 0 Å². The van der Waals surface area contributed by atoms with E-state index < -0.39 is 0 Å². The molecule has 116 valence electrons. The lowest BCUT2D eigenvalue weighted by Gasteiger charge is -2.23. The molecule has 0 saturated heterocycles. The van der Waals surface area contributed by atoms with Gasteiger partial charge in [-0.3, -0.25) is 9.59 Å². The average molecular weight is 301 g/mol. The third-order valence-electron chi connectivity index (χ3n) is 4.07. The van der Waals surface area contributed by atoms with E-state index in [2.05, 4.69) is 20.4 Å². The lowest BCUT2D eigenvalue weighted by atomic mass is 9.86. The second-order valence-electron chi connectivity index (χ2n) is 5.64. The van der Waals surface area contributed by atoms with Crippen LogP contribution in [0.4, 0.5) is 0 Å². The highest BCUT2D eigenvalue weighted by Gasteiger charge is 2.25. The summed E-state index contributed by atoms with van der Waals surface area (Å²) in [6.07, 6.45) is 6.22. The number of aryl methyl sites for hydroxylation is 2. The Balaban J connectivity index is 1.58. The first-order valence-corrected chi connectivity index (χ1v) is 7.44. The number of fused-ring (bicyclic) bond motifs is 1. The van der Waals surface area contributed by atoms with Gasteiger partial charge in [-0.1, -0.05) is 0 Å². The number of carbonyl (C=O) groups is 1. The van der Waals surface area contributed by atoms with Crippen molar-refractivity contribution in [1.82, 2.24) is 25.1 Å². The summed E-state index contributed by atoms with van der Waals surface area (Å²) in [6.45, 7) is 0.583. The number of nitrogens with one attached hydrogen (secondary N) is 2. The van der Waals surface area contributed by atoms with E-state index in [-0.39, 0.29) is 17.4 Å². The van der Waals surface area contributed by atoms with Gasteiger partial charge in [0.15, 0.2) is 0 Å². The molecule has 0 aromatic carbocycles. The summed E-state index contributed by atoms with van der Waals surface area (Å²) in [7, 11) is 1.65. The number of H-pyrrole nitrogens is 1. The van der Waals surface area contributed by atoms with Crippen LogP contribution in [0, 0.1) is 5.92 Å². The Morgan fingerprint density at radius 2 is 2.41 bits per heavy atom. The lowest BCUT2D eigenvalue weighted by molar-refractivity contribution is -0.125.